The molecule has 5 nitrogen and oxygen atoms in total. The van der Waals surface area contributed by atoms with Gasteiger partial charge in [0.05, 0.1) is 19.1 Å². The summed E-state index contributed by atoms with van der Waals surface area (Å²) in [6.07, 6.45) is -0.911. The highest BCUT2D eigenvalue weighted by Crippen LogP contribution is 2.39. The molecule has 0 aromatic rings. The van der Waals surface area contributed by atoms with Gasteiger partial charge in [-0.15, -0.1) is 0 Å². The van der Waals surface area contributed by atoms with Crippen LogP contribution in [0.1, 0.15) is 20.3 Å². The van der Waals surface area contributed by atoms with E-state index in [2.05, 4.69) is 6.07 Å². The third-order valence-corrected chi connectivity index (χ3v) is 2.72. The molecule has 2 saturated heterocycles. The molecule has 0 radical (unpaired) electrons. The average Bonchev–Trinajstić information content (AvgIpc) is 2.61. The first kappa shape index (κ1) is 10.8. The number of hydrogen-bond donors (Lipinski definition) is 1. The number of nitriles is 1. The smallest absolute Gasteiger partial charge is 0.164 e. The fourth-order valence-corrected chi connectivity index (χ4v) is 2.17. The van der Waals surface area contributed by atoms with Gasteiger partial charge in [-0.25, -0.2) is 0 Å². The van der Waals surface area contributed by atoms with Gasteiger partial charge < -0.3 is 19.3 Å². The van der Waals surface area contributed by atoms with Crippen LogP contribution in [0.2, 0.25) is 0 Å². The second-order valence-electron chi connectivity index (χ2n) is 4.32. The fourth-order valence-electron chi connectivity index (χ4n) is 2.17. The molecule has 5 heteroatoms. The SMILES string of the molecule is CC1(C)O[C@@H]2[C@@H](CO)OC(CC#N)[C@@H]2O1. The van der Waals surface area contributed by atoms with Gasteiger partial charge in [-0.1, -0.05) is 0 Å². The largest absolute Gasteiger partial charge is 0.394 e. The summed E-state index contributed by atoms with van der Waals surface area (Å²) in [6.45, 7) is 3.54. The van der Waals surface area contributed by atoms with Crippen molar-refractivity contribution >= 4 is 0 Å². The standard InChI is InChI=1S/C10H15NO4/c1-10(2)14-8-6(3-4-11)13-7(5-12)9(8)15-10/h6-9,12H,3,5H2,1-2H3/t6?,7-,8+,9-/m1/s1. The van der Waals surface area contributed by atoms with E-state index in [1.807, 2.05) is 13.8 Å². The summed E-state index contributed by atoms with van der Waals surface area (Å²) >= 11 is 0. The predicted octanol–water partition coefficient (Wildman–Crippen LogP) is 0.180. The van der Waals surface area contributed by atoms with Gasteiger partial charge in [0, 0.05) is 0 Å². The van der Waals surface area contributed by atoms with Crippen molar-refractivity contribution in [3.63, 3.8) is 0 Å². The molecular weight excluding hydrogens is 198 g/mol. The Bertz CT molecular complexity index is 286. The van der Waals surface area contributed by atoms with Crippen LogP contribution in [0.3, 0.4) is 0 Å². The lowest BCUT2D eigenvalue weighted by molar-refractivity contribution is -0.189. The normalized spacial score (nSPS) is 42.5. The fraction of sp³-hybridized carbons (Fsp3) is 0.900. The second-order valence-corrected chi connectivity index (χ2v) is 4.32. The molecule has 2 aliphatic rings. The summed E-state index contributed by atoms with van der Waals surface area (Å²) in [6, 6.07) is 2.05. The van der Waals surface area contributed by atoms with Crippen LogP contribution in [0.15, 0.2) is 0 Å². The molecule has 0 bridgehead atoms. The van der Waals surface area contributed by atoms with E-state index >= 15 is 0 Å². The molecule has 0 aromatic heterocycles. The Morgan fingerprint density at radius 2 is 1.87 bits per heavy atom. The molecule has 2 rings (SSSR count). The van der Waals surface area contributed by atoms with E-state index in [0.29, 0.717) is 0 Å². The molecule has 2 aliphatic heterocycles. The Labute approximate surface area is 88.5 Å². The number of aliphatic hydroxyl groups is 1. The number of fused-ring (bicyclic) bond motifs is 1. The van der Waals surface area contributed by atoms with Crippen molar-refractivity contribution in [2.45, 2.75) is 50.5 Å². The average molecular weight is 213 g/mol. The van der Waals surface area contributed by atoms with Gasteiger partial charge in [-0.05, 0) is 13.8 Å². The van der Waals surface area contributed by atoms with E-state index < -0.39 is 5.79 Å². The quantitative estimate of drug-likeness (QED) is 0.708. The lowest BCUT2D eigenvalue weighted by Gasteiger charge is -2.22. The van der Waals surface area contributed by atoms with Gasteiger partial charge in [-0.3, -0.25) is 0 Å². The highest BCUT2D eigenvalue weighted by atomic mass is 16.8. The summed E-state index contributed by atoms with van der Waals surface area (Å²) < 4.78 is 16.8. The maximum Gasteiger partial charge on any atom is 0.164 e. The molecule has 4 atom stereocenters. The topological polar surface area (TPSA) is 71.7 Å². The minimum atomic E-state index is -0.653. The molecular formula is C10H15NO4. The van der Waals surface area contributed by atoms with Crippen LogP contribution < -0.4 is 0 Å². The van der Waals surface area contributed by atoms with E-state index in [1.165, 1.54) is 0 Å². The molecule has 0 saturated carbocycles. The van der Waals surface area contributed by atoms with E-state index in [1.54, 1.807) is 0 Å². The molecule has 2 fully saturated rings. The lowest BCUT2D eigenvalue weighted by atomic mass is 10.1. The summed E-state index contributed by atoms with van der Waals surface area (Å²) in [5.41, 5.74) is 0. The Hall–Kier alpha value is -0.670. The van der Waals surface area contributed by atoms with Gasteiger partial charge in [0.15, 0.2) is 5.79 Å². The van der Waals surface area contributed by atoms with Crippen molar-refractivity contribution in [2.75, 3.05) is 6.61 Å². The molecule has 0 aliphatic carbocycles. The Morgan fingerprint density at radius 3 is 2.40 bits per heavy atom. The van der Waals surface area contributed by atoms with Crippen molar-refractivity contribution in [3.05, 3.63) is 0 Å². The van der Waals surface area contributed by atoms with Crippen LogP contribution in [0.5, 0.6) is 0 Å². The highest BCUT2D eigenvalue weighted by molar-refractivity contribution is 5.00. The first-order valence-corrected chi connectivity index (χ1v) is 5.06. The number of ether oxygens (including phenoxy) is 3. The van der Waals surface area contributed by atoms with Crippen molar-refractivity contribution < 1.29 is 19.3 Å². The number of rotatable bonds is 2. The second kappa shape index (κ2) is 3.72. The Balaban J connectivity index is 2.12. The van der Waals surface area contributed by atoms with Crippen LogP contribution in [0.25, 0.3) is 0 Å². The zero-order valence-corrected chi connectivity index (χ0v) is 8.84. The minimum Gasteiger partial charge on any atom is -0.394 e. The van der Waals surface area contributed by atoms with E-state index in [4.69, 9.17) is 24.6 Å². The number of nitrogens with zero attached hydrogens (tertiary/aromatic N) is 1. The summed E-state index contributed by atoms with van der Waals surface area (Å²) in [5.74, 6) is -0.653. The molecule has 2 heterocycles. The van der Waals surface area contributed by atoms with Crippen LogP contribution in [-0.4, -0.2) is 41.9 Å². The van der Waals surface area contributed by atoms with Crippen LogP contribution >= 0.6 is 0 Å². The van der Waals surface area contributed by atoms with Gasteiger partial charge in [0.1, 0.15) is 24.4 Å². The van der Waals surface area contributed by atoms with Crippen LogP contribution in [-0.2, 0) is 14.2 Å². The molecule has 0 amide bonds. The zero-order valence-electron chi connectivity index (χ0n) is 8.84. The number of hydrogen-bond acceptors (Lipinski definition) is 5. The van der Waals surface area contributed by atoms with Gasteiger partial charge in [0.2, 0.25) is 0 Å². The van der Waals surface area contributed by atoms with E-state index in [0.717, 1.165) is 0 Å². The predicted molar refractivity (Wildman–Crippen MR) is 49.8 cm³/mol. The summed E-state index contributed by atoms with van der Waals surface area (Å²) in [4.78, 5) is 0. The first-order chi connectivity index (χ1) is 7.07. The molecule has 15 heavy (non-hydrogen) atoms. The first-order valence-electron chi connectivity index (χ1n) is 5.06. The van der Waals surface area contributed by atoms with Crippen molar-refractivity contribution in [1.29, 1.82) is 5.26 Å². The molecule has 84 valence electrons. The number of aliphatic hydroxyl groups excluding tert-OH is 1. The molecule has 1 N–H and O–H groups in total. The Morgan fingerprint density at radius 1 is 1.27 bits per heavy atom. The molecule has 0 spiro atoms. The maximum atomic E-state index is 9.13. The van der Waals surface area contributed by atoms with Crippen LogP contribution in [0, 0.1) is 11.3 Å². The van der Waals surface area contributed by atoms with Crippen molar-refractivity contribution in [1.82, 2.24) is 0 Å². The summed E-state index contributed by atoms with van der Waals surface area (Å²) in [7, 11) is 0. The summed E-state index contributed by atoms with van der Waals surface area (Å²) in [5, 5.41) is 17.8. The molecule has 0 aromatic carbocycles. The van der Waals surface area contributed by atoms with Crippen LogP contribution in [0.4, 0.5) is 0 Å². The monoisotopic (exact) mass is 213 g/mol. The van der Waals surface area contributed by atoms with Crippen molar-refractivity contribution in [2.24, 2.45) is 0 Å². The maximum absolute atomic E-state index is 9.13. The van der Waals surface area contributed by atoms with Gasteiger partial charge in [-0.2, -0.15) is 5.26 Å². The molecule has 1 unspecified atom stereocenters. The highest BCUT2D eigenvalue weighted by Gasteiger charge is 2.54. The van der Waals surface area contributed by atoms with Gasteiger partial charge in [0.25, 0.3) is 0 Å². The van der Waals surface area contributed by atoms with Gasteiger partial charge >= 0.3 is 0 Å². The van der Waals surface area contributed by atoms with E-state index in [9.17, 15) is 0 Å². The lowest BCUT2D eigenvalue weighted by Crippen LogP contribution is -2.31. The minimum absolute atomic E-state index is 0.109. The van der Waals surface area contributed by atoms with E-state index in [-0.39, 0.29) is 37.4 Å². The third-order valence-electron chi connectivity index (χ3n) is 2.72. The zero-order chi connectivity index (χ0) is 11.1. The third kappa shape index (κ3) is 1.86. The Kier molecular flexibility index (Phi) is 2.69. The van der Waals surface area contributed by atoms with Crippen molar-refractivity contribution in [3.8, 4) is 6.07 Å².